The standard InChI is InChI=1S/C23H21Cl2F3N4O3S/c1-13-20(21(25)31(2)30-13)36(34,35)32-11-16(14-7-4-3-5-8-14)18(12-32)29-22(33)15-9-6-10-17(19(15)24)23(26,27)28/h3-10,16,18H,11-12H2,1-2H3,(H,29,33)/t16-,18+/m0/s1. The Kier molecular flexibility index (Phi) is 7.13. The molecule has 1 aliphatic rings. The molecule has 0 saturated carbocycles. The van der Waals surface area contributed by atoms with Gasteiger partial charge in [-0.05, 0) is 24.6 Å². The Balaban J connectivity index is 1.68. The van der Waals surface area contributed by atoms with Crippen LogP contribution in [0.5, 0.6) is 0 Å². The molecule has 0 spiro atoms. The van der Waals surface area contributed by atoms with Gasteiger partial charge < -0.3 is 5.32 Å². The maximum absolute atomic E-state index is 13.5. The van der Waals surface area contributed by atoms with E-state index in [2.05, 4.69) is 10.4 Å². The molecule has 3 aromatic rings. The molecule has 1 aromatic heterocycles. The largest absolute Gasteiger partial charge is 0.417 e. The first-order valence-electron chi connectivity index (χ1n) is 10.7. The molecule has 1 amide bonds. The Morgan fingerprint density at radius 2 is 1.75 bits per heavy atom. The summed E-state index contributed by atoms with van der Waals surface area (Å²) in [4.78, 5) is 12.9. The van der Waals surface area contributed by atoms with Crippen LogP contribution in [0.2, 0.25) is 10.2 Å². The Bertz CT molecular complexity index is 1410. The van der Waals surface area contributed by atoms with Crippen molar-refractivity contribution in [2.24, 2.45) is 7.05 Å². The molecular formula is C23H21Cl2F3N4O3S. The summed E-state index contributed by atoms with van der Waals surface area (Å²) in [7, 11) is -2.58. The van der Waals surface area contributed by atoms with E-state index in [1.54, 1.807) is 30.3 Å². The van der Waals surface area contributed by atoms with E-state index < -0.39 is 44.7 Å². The minimum atomic E-state index is -4.74. The highest BCUT2D eigenvalue weighted by atomic mass is 35.5. The normalized spacial score (nSPS) is 19.0. The van der Waals surface area contributed by atoms with E-state index in [1.165, 1.54) is 29.0 Å². The van der Waals surface area contributed by atoms with Gasteiger partial charge in [0.05, 0.1) is 27.9 Å². The fraction of sp³-hybridized carbons (Fsp3) is 0.304. The van der Waals surface area contributed by atoms with Crippen molar-refractivity contribution in [2.45, 2.75) is 30.0 Å². The van der Waals surface area contributed by atoms with E-state index >= 15 is 0 Å². The van der Waals surface area contributed by atoms with E-state index in [-0.39, 0.29) is 34.4 Å². The molecule has 0 aliphatic carbocycles. The first-order valence-corrected chi connectivity index (χ1v) is 12.9. The van der Waals surface area contributed by atoms with Crippen molar-refractivity contribution >= 4 is 39.1 Å². The molecule has 0 radical (unpaired) electrons. The van der Waals surface area contributed by atoms with Crippen molar-refractivity contribution in [3.63, 3.8) is 0 Å². The maximum atomic E-state index is 13.5. The summed E-state index contributed by atoms with van der Waals surface area (Å²) in [5, 5.41) is 6.00. The van der Waals surface area contributed by atoms with Gasteiger partial charge in [-0.2, -0.15) is 22.6 Å². The highest BCUT2D eigenvalue weighted by Crippen LogP contribution is 2.37. The van der Waals surface area contributed by atoms with E-state index in [0.29, 0.717) is 0 Å². The third-order valence-corrected chi connectivity index (χ3v) is 9.01. The first-order chi connectivity index (χ1) is 16.8. The molecule has 0 bridgehead atoms. The molecule has 0 unspecified atom stereocenters. The molecule has 192 valence electrons. The molecule has 1 N–H and O–H groups in total. The van der Waals surface area contributed by atoms with Crippen LogP contribution in [0.15, 0.2) is 53.4 Å². The number of aryl methyl sites for hydroxylation is 2. The fourth-order valence-electron chi connectivity index (χ4n) is 4.35. The van der Waals surface area contributed by atoms with Gasteiger partial charge in [-0.15, -0.1) is 0 Å². The lowest BCUT2D eigenvalue weighted by atomic mass is 9.94. The molecular weight excluding hydrogens is 540 g/mol. The summed E-state index contributed by atoms with van der Waals surface area (Å²) >= 11 is 12.2. The Morgan fingerprint density at radius 1 is 1.08 bits per heavy atom. The Labute approximate surface area is 215 Å². The zero-order valence-corrected chi connectivity index (χ0v) is 21.4. The van der Waals surface area contributed by atoms with Gasteiger partial charge in [0.2, 0.25) is 10.0 Å². The van der Waals surface area contributed by atoms with Crippen molar-refractivity contribution in [3.8, 4) is 0 Å². The van der Waals surface area contributed by atoms with Gasteiger partial charge in [0.25, 0.3) is 5.91 Å². The quantitative estimate of drug-likeness (QED) is 0.492. The molecule has 4 rings (SSSR count). The second-order valence-corrected chi connectivity index (χ2v) is 11.0. The van der Waals surface area contributed by atoms with Gasteiger partial charge in [0, 0.05) is 26.1 Å². The number of aromatic nitrogens is 2. The number of hydrogen-bond donors (Lipinski definition) is 1. The zero-order valence-electron chi connectivity index (χ0n) is 19.1. The topological polar surface area (TPSA) is 84.3 Å². The number of nitrogens with one attached hydrogen (secondary N) is 1. The summed E-state index contributed by atoms with van der Waals surface area (Å²) < 4.78 is 69.3. The fourth-order valence-corrected chi connectivity index (χ4v) is 6.87. The summed E-state index contributed by atoms with van der Waals surface area (Å²) in [6, 6.07) is 11.2. The number of alkyl halides is 3. The van der Waals surface area contributed by atoms with Gasteiger partial charge >= 0.3 is 6.18 Å². The van der Waals surface area contributed by atoms with Gasteiger partial charge in [-0.25, -0.2) is 8.42 Å². The van der Waals surface area contributed by atoms with Crippen molar-refractivity contribution < 1.29 is 26.4 Å². The Morgan fingerprint density at radius 3 is 2.33 bits per heavy atom. The van der Waals surface area contributed by atoms with E-state index in [9.17, 15) is 26.4 Å². The lowest BCUT2D eigenvalue weighted by Crippen LogP contribution is -2.40. The van der Waals surface area contributed by atoms with Gasteiger partial charge in [-0.3, -0.25) is 9.48 Å². The number of carbonyl (C=O) groups excluding carboxylic acids is 1. The van der Waals surface area contributed by atoms with E-state index in [4.69, 9.17) is 23.2 Å². The summed E-state index contributed by atoms with van der Waals surface area (Å²) in [5.74, 6) is -1.32. The van der Waals surface area contributed by atoms with Crippen LogP contribution < -0.4 is 5.32 Å². The van der Waals surface area contributed by atoms with E-state index in [0.717, 1.165) is 17.7 Å². The third kappa shape index (κ3) is 4.84. The second kappa shape index (κ2) is 9.70. The molecule has 1 fully saturated rings. The van der Waals surface area contributed by atoms with Crippen LogP contribution in [0, 0.1) is 6.92 Å². The van der Waals surface area contributed by atoms with Gasteiger partial charge in [-0.1, -0.05) is 59.6 Å². The number of hydrogen-bond acceptors (Lipinski definition) is 4. The molecule has 7 nitrogen and oxygen atoms in total. The predicted octanol–water partition coefficient (Wildman–Crippen LogP) is 4.64. The van der Waals surface area contributed by atoms with Crippen LogP contribution in [0.25, 0.3) is 0 Å². The molecule has 36 heavy (non-hydrogen) atoms. The highest BCUT2D eigenvalue weighted by Gasteiger charge is 2.43. The summed E-state index contributed by atoms with van der Waals surface area (Å²) in [5.41, 5.74) is -0.508. The number of halogens is 5. The van der Waals surface area contributed by atoms with Crippen molar-refractivity contribution in [1.82, 2.24) is 19.4 Å². The number of sulfonamides is 1. The molecule has 2 heterocycles. The molecule has 2 atom stereocenters. The van der Waals surface area contributed by atoms with Gasteiger partial charge in [0.1, 0.15) is 10.0 Å². The lowest BCUT2D eigenvalue weighted by Gasteiger charge is -2.21. The molecule has 2 aromatic carbocycles. The minimum absolute atomic E-state index is 0.0122. The second-order valence-electron chi connectivity index (χ2n) is 8.41. The molecule has 13 heteroatoms. The van der Waals surface area contributed by atoms with Crippen LogP contribution in [0.1, 0.15) is 33.1 Å². The number of carbonyl (C=O) groups is 1. The van der Waals surface area contributed by atoms with Crippen LogP contribution in [-0.2, 0) is 23.2 Å². The minimum Gasteiger partial charge on any atom is -0.347 e. The zero-order chi connectivity index (χ0) is 26.4. The predicted molar refractivity (Wildman–Crippen MR) is 129 cm³/mol. The lowest BCUT2D eigenvalue weighted by molar-refractivity contribution is -0.137. The highest BCUT2D eigenvalue weighted by molar-refractivity contribution is 7.89. The first kappa shape index (κ1) is 26.5. The maximum Gasteiger partial charge on any atom is 0.417 e. The summed E-state index contributed by atoms with van der Waals surface area (Å²) in [6.07, 6.45) is -4.74. The number of nitrogens with zero attached hydrogens (tertiary/aromatic N) is 3. The number of benzene rings is 2. The monoisotopic (exact) mass is 560 g/mol. The van der Waals surface area contributed by atoms with Crippen LogP contribution >= 0.6 is 23.2 Å². The SMILES string of the molecule is Cc1nn(C)c(Cl)c1S(=O)(=O)N1C[C@@H](NC(=O)c2cccc(C(F)(F)F)c2Cl)[C@H](c2ccccc2)C1. The van der Waals surface area contributed by atoms with Crippen molar-refractivity contribution in [3.05, 3.63) is 81.1 Å². The summed E-state index contributed by atoms with van der Waals surface area (Å²) in [6.45, 7) is 1.41. The average molecular weight is 561 g/mol. The smallest absolute Gasteiger partial charge is 0.347 e. The molecule has 1 aliphatic heterocycles. The number of amides is 1. The Hall–Kier alpha value is -2.60. The van der Waals surface area contributed by atoms with Gasteiger partial charge in [0.15, 0.2) is 0 Å². The van der Waals surface area contributed by atoms with Crippen LogP contribution in [-0.4, -0.2) is 47.5 Å². The van der Waals surface area contributed by atoms with E-state index in [1.807, 2.05) is 0 Å². The van der Waals surface area contributed by atoms with Crippen LogP contribution in [0.4, 0.5) is 13.2 Å². The van der Waals surface area contributed by atoms with Crippen LogP contribution in [0.3, 0.4) is 0 Å². The third-order valence-electron chi connectivity index (χ3n) is 6.08. The molecule has 1 saturated heterocycles. The average Bonchev–Trinajstić information content (AvgIpc) is 3.34. The van der Waals surface area contributed by atoms with Crippen molar-refractivity contribution in [1.29, 1.82) is 0 Å². The van der Waals surface area contributed by atoms with Crippen molar-refractivity contribution in [2.75, 3.05) is 13.1 Å². The number of rotatable bonds is 5.